The Balaban J connectivity index is 1.69. The first kappa shape index (κ1) is 17.5. The van der Waals surface area contributed by atoms with E-state index in [9.17, 15) is 4.79 Å². The summed E-state index contributed by atoms with van der Waals surface area (Å²) in [5, 5.41) is 8.65. The molecule has 5 nitrogen and oxygen atoms in total. The van der Waals surface area contributed by atoms with Crippen molar-refractivity contribution in [2.75, 3.05) is 11.1 Å². The number of hydrogen-bond donors (Lipinski definition) is 1. The van der Waals surface area contributed by atoms with Gasteiger partial charge in [0.05, 0.1) is 26.9 Å². The summed E-state index contributed by atoms with van der Waals surface area (Å²) in [6.07, 6.45) is 0. The number of carbonyl (C=O) groups is 1. The lowest BCUT2D eigenvalue weighted by Crippen LogP contribution is -2.15. The number of nitrogens with zero attached hydrogens (tertiary/aromatic N) is 3. The summed E-state index contributed by atoms with van der Waals surface area (Å²) in [7, 11) is 0. The van der Waals surface area contributed by atoms with E-state index in [1.807, 2.05) is 25.1 Å². The number of aryl methyl sites for hydroxylation is 2. The highest BCUT2D eigenvalue weighted by molar-refractivity contribution is 8.00. The highest BCUT2D eigenvalue weighted by atomic mass is 32.2. The standard InChI is InChI=1S/C21H18N4OS2/c1-12-7-9-14(10-8-12)19-18-13(2)24-25(20(18)23-17(26)11-27-19)21-22-15-5-3-4-6-16(15)28-21/h3-10,19H,11H2,1-2H3,(H,23,26)/t19-/m0/s1. The van der Waals surface area contributed by atoms with E-state index in [1.54, 1.807) is 27.8 Å². The van der Waals surface area contributed by atoms with Gasteiger partial charge in [-0.15, -0.1) is 11.8 Å². The molecule has 4 aromatic rings. The van der Waals surface area contributed by atoms with Crippen molar-refractivity contribution >= 4 is 45.0 Å². The van der Waals surface area contributed by atoms with Gasteiger partial charge in [-0.25, -0.2) is 4.98 Å². The lowest BCUT2D eigenvalue weighted by atomic mass is 10.0. The van der Waals surface area contributed by atoms with E-state index in [0.717, 1.165) is 32.4 Å². The Kier molecular flexibility index (Phi) is 4.21. The molecule has 0 radical (unpaired) electrons. The number of fused-ring (bicyclic) bond motifs is 2. The summed E-state index contributed by atoms with van der Waals surface area (Å²) in [6.45, 7) is 4.08. The van der Waals surface area contributed by atoms with Crippen LogP contribution in [-0.2, 0) is 4.79 Å². The minimum atomic E-state index is -0.0110. The molecule has 3 heterocycles. The summed E-state index contributed by atoms with van der Waals surface area (Å²) < 4.78 is 2.89. The minimum absolute atomic E-state index is 0.0110. The number of thioether (sulfide) groups is 1. The summed E-state index contributed by atoms with van der Waals surface area (Å²) in [5.41, 5.74) is 5.31. The SMILES string of the molecule is Cc1ccc([C@@H]2SCC(=O)Nc3c2c(C)nn3-c2nc3ccccc3s2)cc1. The molecule has 1 atom stereocenters. The normalized spacial score (nSPS) is 16.6. The van der Waals surface area contributed by atoms with Gasteiger partial charge in [0.25, 0.3) is 0 Å². The number of benzene rings is 2. The van der Waals surface area contributed by atoms with Gasteiger partial charge in [0.2, 0.25) is 11.0 Å². The van der Waals surface area contributed by atoms with Gasteiger partial charge in [-0.1, -0.05) is 53.3 Å². The minimum Gasteiger partial charge on any atom is -0.310 e. The van der Waals surface area contributed by atoms with Crippen LogP contribution in [0.1, 0.15) is 27.6 Å². The van der Waals surface area contributed by atoms with Crippen molar-refractivity contribution in [1.29, 1.82) is 0 Å². The maximum Gasteiger partial charge on any atom is 0.235 e. The average molecular weight is 407 g/mol. The molecule has 0 unspecified atom stereocenters. The number of amides is 1. The predicted molar refractivity (Wildman–Crippen MR) is 116 cm³/mol. The van der Waals surface area contributed by atoms with Gasteiger partial charge in [-0.3, -0.25) is 4.79 Å². The highest BCUT2D eigenvalue weighted by Crippen LogP contribution is 2.44. The summed E-state index contributed by atoms with van der Waals surface area (Å²) in [4.78, 5) is 17.2. The molecule has 2 aromatic heterocycles. The van der Waals surface area contributed by atoms with Crippen molar-refractivity contribution in [2.45, 2.75) is 19.1 Å². The van der Waals surface area contributed by atoms with Crippen LogP contribution >= 0.6 is 23.1 Å². The zero-order valence-corrected chi connectivity index (χ0v) is 17.1. The Hall–Kier alpha value is -2.64. The largest absolute Gasteiger partial charge is 0.310 e. The van der Waals surface area contributed by atoms with Crippen molar-refractivity contribution in [3.8, 4) is 5.13 Å². The zero-order valence-electron chi connectivity index (χ0n) is 15.5. The second-order valence-corrected chi connectivity index (χ2v) is 8.98. The highest BCUT2D eigenvalue weighted by Gasteiger charge is 2.31. The maximum absolute atomic E-state index is 12.5. The van der Waals surface area contributed by atoms with Crippen LogP contribution in [-0.4, -0.2) is 26.4 Å². The molecule has 0 spiro atoms. The molecule has 1 aliphatic rings. The molecule has 28 heavy (non-hydrogen) atoms. The number of rotatable bonds is 2. The molecule has 1 amide bonds. The number of anilines is 1. The second kappa shape index (κ2) is 6.76. The molecule has 140 valence electrons. The van der Waals surface area contributed by atoms with E-state index < -0.39 is 0 Å². The Morgan fingerprint density at radius 2 is 1.89 bits per heavy atom. The Labute approximate surface area is 170 Å². The van der Waals surface area contributed by atoms with Gasteiger partial charge < -0.3 is 5.32 Å². The fourth-order valence-electron chi connectivity index (χ4n) is 3.48. The number of hydrogen-bond acceptors (Lipinski definition) is 5. The fraction of sp³-hybridized carbons (Fsp3) is 0.190. The Bertz CT molecular complexity index is 1160. The monoisotopic (exact) mass is 406 g/mol. The summed E-state index contributed by atoms with van der Waals surface area (Å²) in [6, 6.07) is 16.5. The molecule has 0 saturated carbocycles. The lowest BCUT2D eigenvalue weighted by molar-refractivity contribution is -0.113. The number of thiazole rings is 1. The van der Waals surface area contributed by atoms with E-state index >= 15 is 0 Å². The molecule has 0 aliphatic carbocycles. The molecule has 7 heteroatoms. The average Bonchev–Trinajstić information content (AvgIpc) is 3.19. The van der Waals surface area contributed by atoms with Crippen molar-refractivity contribution in [2.24, 2.45) is 0 Å². The van der Waals surface area contributed by atoms with Gasteiger partial charge in [-0.05, 0) is 31.5 Å². The molecule has 1 aliphatic heterocycles. The number of nitrogens with one attached hydrogen (secondary N) is 1. The molecule has 2 aromatic carbocycles. The molecule has 1 N–H and O–H groups in total. The number of carbonyl (C=O) groups excluding carboxylic acids is 1. The molecule has 0 saturated heterocycles. The molecule has 0 fully saturated rings. The van der Waals surface area contributed by atoms with Crippen LogP contribution in [0.2, 0.25) is 0 Å². The van der Waals surface area contributed by atoms with E-state index in [1.165, 1.54) is 11.1 Å². The van der Waals surface area contributed by atoms with Gasteiger partial charge >= 0.3 is 0 Å². The van der Waals surface area contributed by atoms with E-state index in [4.69, 9.17) is 10.1 Å². The van der Waals surface area contributed by atoms with Crippen LogP contribution in [0.25, 0.3) is 15.3 Å². The van der Waals surface area contributed by atoms with E-state index in [0.29, 0.717) is 5.75 Å². The van der Waals surface area contributed by atoms with Crippen LogP contribution in [0, 0.1) is 13.8 Å². The smallest absolute Gasteiger partial charge is 0.235 e. The molecule has 0 bridgehead atoms. The first-order chi connectivity index (χ1) is 13.6. The molecule has 5 rings (SSSR count). The first-order valence-corrected chi connectivity index (χ1v) is 10.9. The third-order valence-corrected chi connectivity index (χ3v) is 7.13. The van der Waals surface area contributed by atoms with Crippen LogP contribution in [0.3, 0.4) is 0 Å². The third kappa shape index (κ3) is 2.91. The summed E-state index contributed by atoms with van der Waals surface area (Å²) in [5.74, 6) is 1.13. The quantitative estimate of drug-likeness (QED) is 0.516. The summed E-state index contributed by atoms with van der Waals surface area (Å²) >= 11 is 3.21. The van der Waals surface area contributed by atoms with Gasteiger partial charge in [-0.2, -0.15) is 9.78 Å². The lowest BCUT2D eigenvalue weighted by Gasteiger charge is -2.15. The number of aromatic nitrogens is 3. The zero-order chi connectivity index (χ0) is 19.3. The molecular weight excluding hydrogens is 388 g/mol. The van der Waals surface area contributed by atoms with E-state index in [2.05, 4.69) is 42.6 Å². The first-order valence-electron chi connectivity index (χ1n) is 9.03. The van der Waals surface area contributed by atoms with Gasteiger partial charge in [0.15, 0.2) is 0 Å². The number of para-hydroxylation sites is 1. The van der Waals surface area contributed by atoms with Crippen molar-refractivity contribution < 1.29 is 4.79 Å². The topological polar surface area (TPSA) is 59.8 Å². The molecular formula is C21H18N4OS2. The fourth-order valence-corrected chi connectivity index (χ4v) is 5.59. The van der Waals surface area contributed by atoms with Crippen LogP contribution < -0.4 is 5.32 Å². The Morgan fingerprint density at radius 1 is 1.11 bits per heavy atom. The third-order valence-electron chi connectivity index (χ3n) is 4.85. The van der Waals surface area contributed by atoms with Crippen molar-refractivity contribution in [3.05, 3.63) is 70.9 Å². The second-order valence-electron chi connectivity index (χ2n) is 6.87. The maximum atomic E-state index is 12.5. The van der Waals surface area contributed by atoms with Crippen LogP contribution in [0.5, 0.6) is 0 Å². The van der Waals surface area contributed by atoms with Crippen molar-refractivity contribution in [3.63, 3.8) is 0 Å². The van der Waals surface area contributed by atoms with Crippen LogP contribution in [0.4, 0.5) is 5.82 Å². The van der Waals surface area contributed by atoms with Gasteiger partial charge in [0.1, 0.15) is 5.82 Å². The van der Waals surface area contributed by atoms with Gasteiger partial charge in [0, 0.05) is 5.56 Å². The van der Waals surface area contributed by atoms with E-state index in [-0.39, 0.29) is 11.2 Å². The van der Waals surface area contributed by atoms with Crippen LogP contribution in [0.15, 0.2) is 48.5 Å². The predicted octanol–water partition coefficient (Wildman–Crippen LogP) is 4.87. The Morgan fingerprint density at radius 3 is 2.68 bits per heavy atom. The van der Waals surface area contributed by atoms with Crippen molar-refractivity contribution in [1.82, 2.24) is 14.8 Å².